The fourth-order valence-electron chi connectivity index (χ4n) is 12.0. The summed E-state index contributed by atoms with van der Waals surface area (Å²) in [5, 5.41) is 10.6. The molecule has 0 amide bonds. The van der Waals surface area contributed by atoms with Crippen molar-refractivity contribution in [3.05, 3.63) is 0 Å². The fourth-order valence-corrected chi connectivity index (χ4v) is 13.6. The molecule has 0 aromatic rings. The molecule has 19 heteroatoms. The molecule has 6 atom stereocenters. The molecule has 3 unspecified atom stereocenters. The van der Waals surface area contributed by atoms with Gasteiger partial charge < -0.3 is 33.8 Å². The van der Waals surface area contributed by atoms with Crippen LogP contribution >= 0.6 is 15.6 Å². The maximum atomic E-state index is 13.1. The lowest BCUT2D eigenvalue weighted by atomic mass is 9.99. The minimum absolute atomic E-state index is 0.107. The molecule has 0 rings (SSSR count). The predicted molar refractivity (Wildman–Crippen MR) is 395 cm³/mol. The van der Waals surface area contributed by atoms with Crippen molar-refractivity contribution in [1.29, 1.82) is 0 Å². The van der Waals surface area contributed by atoms with E-state index in [1.807, 2.05) is 0 Å². The van der Waals surface area contributed by atoms with Crippen LogP contribution in [0.3, 0.4) is 0 Å². The van der Waals surface area contributed by atoms with E-state index in [1.165, 1.54) is 218 Å². The van der Waals surface area contributed by atoms with Gasteiger partial charge in [-0.25, -0.2) is 9.13 Å². The molecule has 97 heavy (non-hydrogen) atoms. The monoisotopic (exact) mass is 1420 g/mol. The lowest BCUT2D eigenvalue weighted by Gasteiger charge is -2.21. The molecule has 0 saturated carbocycles. The van der Waals surface area contributed by atoms with Crippen molar-refractivity contribution in [2.24, 2.45) is 11.8 Å². The molecule has 0 radical (unpaired) electrons. The summed E-state index contributed by atoms with van der Waals surface area (Å²) < 4.78 is 68.6. The Hall–Kier alpha value is -1.94. The Morgan fingerprint density at radius 2 is 0.526 bits per heavy atom. The molecule has 0 aromatic carbocycles. The van der Waals surface area contributed by atoms with Gasteiger partial charge in [0.25, 0.3) is 0 Å². The lowest BCUT2D eigenvalue weighted by Crippen LogP contribution is -2.30. The quantitative estimate of drug-likeness (QED) is 0.0222. The van der Waals surface area contributed by atoms with Gasteiger partial charge in [0.05, 0.1) is 26.4 Å². The first-order valence-electron chi connectivity index (χ1n) is 40.5. The fraction of sp³-hybridized carbons (Fsp3) is 0.949. The molecule has 0 bridgehead atoms. The summed E-state index contributed by atoms with van der Waals surface area (Å²) in [6.45, 7) is 9.58. The second-order valence-corrected chi connectivity index (χ2v) is 31.7. The van der Waals surface area contributed by atoms with Gasteiger partial charge in [-0.3, -0.25) is 37.3 Å². The Bertz CT molecular complexity index is 1870. The smallest absolute Gasteiger partial charge is 0.462 e. The van der Waals surface area contributed by atoms with Gasteiger partial charge in [0.15, 0.2) is 12.2 Å². The standard InChI is InChI=1S/C78H152O17P2/c1-7-10-12-14-16-18-20-22-23-24-25-26-27-28-29-30-32-38-44-51-57-63-78(83)94-73(66-88-75(80)60-54-48-42-36-34-33-35-41-47-53-59-71(6)9-3)68-92-96(84,85)90-64-72(79)65-91-97(86,87)93-69-74(67-89-76(81)61-55-49-45-39-40-46-52-58-70(4)5)95-77(82)62-56-50-43-37-31-21-19-17-15-13-11-8-2/h70-74,79H,7-69H2,1-6H3,(H,84,85)(H,86,87)/t71?,72-,73-,74-/m1/s1. The number of carbonyl (C=O) groups is 4. The summed E-state index contributed by atoms with van der Waals surface area (Å²) >= 11 is 0. The average molecular weight is 1420 g/mol. The van der Waals surface area contributed by atoms with E-state index in [1.54, 1.807) is 0 Å². The zero-order valence-corrected chi connectivity index (χ0v) is 65.2. The molecule has 0 fully saturated rings. The second kappa shape index (κ2) is 69.8. The average Bonchev–Trinajstić information content (AvgIpc) is 3.55. The predicted octanol–water partition coefficient (Wildman–Crippen LogP) is 23.1. The van der Waals surface area contributed by atoms with Crippen LogP contribution in [0.4, 0.5) is 0 Å². The minimum atomic E-state index is -4.96. The highest BCUT2D eigenvalue weighted by atomic mass is 31.2. The third kappa shape index (κ3) is 70.9. The number of hydrogen-bond donors (Lipinski definition) is 3. The van der Waals surface area contributed by atoms with Gasteiger partial charge in [0.2, 0.25) is 0 Å². The van der Waals surface area contributed by atoms with E-state index in [9.17, 15) is 43.2 Å². The van der Waals surface area contributed by atoms with Gasteiger partial charge in [-0.1, -0.05) is 356 Å². The number of ether oxygens (including phenoxy) is 4. The third-order valence-electron chi connectivity index (χ3n) is 18.6. The number of aliphatic hydroxyl groups excluding tert-OH is 1. The van der Waals surface area contributed by atoms with Crippen LogP contribution in [0.25, 0.3) is 0 Å². The number of rotatable bonds is 77. The number of carbonyl (C=O) groups excluding carboxylic acids is 4. The molecule has 0 aliphatic rings. The van der Waals surface area contributed by atoms with Crippen LogP contribution in [0, 0.1) is 11.8 Å². The van der Waals surface area contributed by atoms with Crippen LogP contribution in [-0.2, 0) is 65.4 Å². The van der Waals surface area contributed by atoms with Crippen LogP contribution in [0.15, 0.2) is 0 Å². The summed E-state index contributed by atoms with van der Waals surface area (Å²) in [6.07, 6.45) is 58.3. The van der Waals surface area contributed by atoms with Crippen molar-refractivity contribution in [1.82, 2.24) is 0 Å². The number of hydrogen-bond acceptors (Lipinski definition) is 15. The maximum absolute atomic E-state index is 13.1. The topological polar surface area (TPSA) is 237 Å². The van der Waals surface area contributed by atoms with E-state index in [0.717, 1.165) is 102 Å². The Kier molecular flexibility index (Phi) is 68.4. The molecular formula is C78H152O17P2. The van der Waals surface area contributed by atoms with Crippen molar-refractivity contribution in [2.45, 2.75) is 426 Å². The highest BCUT2D eigenvalue weighted by molar-refractivity contribution is 7.47. The van der Waals surface area contributed by atoms with Crippen LogP contribution in [0.2, 0.25) is 0 Å². The Morgan fingerprint density at radius 1 is 0.299 bits per heavy atom. The molecule has 576 valence electrons. The van der Waals surface area contributed by atoms with Crippen LogP contribution in [0.1, 0.15) is 408 Å². The van der Waals surface area contributed by atoms with Gasteiger partial charge in [-0.15, -0.1) is 0 Å². The van der Waals surface area contributed by atoms with Crippen LogP contribution in [0.5, 0.6) is 0 Å². The molecule has 0 saturated heterocycles. The number of unbranched alkanes of at least 4 members (excludes halogenated alkanes) is 46. The van der Waals surface area contributed by atoms with E-state index >= 15 is 0 Å². The molecule has 0 aromatic heterocycles. The van der Waals surface area contributed by atoms with E-state index in [2.05, 4.69) is 41.5 Å². The first kappa shape index (κ1) is 95.1. The molecule has 3 N–H and O–H groups in total. The molecule has 0 aliphatic carbocycles. The SMILES string of the molecule is CCCCCCCCCCCCCCCCCCCCCCCC(=O)O[C@H](COC(=O)CCCCCCCCCCCCC(C)CC)COP(=O)(O)OC[C@@H](O)COP(=O)(O)OC[C@@H](COC(=O)CCCCCCCCCC(C)C)OC(=O)CCCCCCCCCCCCCC. The second-order valence-electron chi connectivity index (χ2n) is 28.8. The lowest BCUT2D eigenvalue weighted by molar-refractivity contribution is -0.161. The van der Waals surface area contributed by atoms with Crippen molar-refractivity contribution >= 4 is 39.5 Å². The van der Waals surface area contributed by atoms with Crippen molar-refractivity contribution in [2.75, 3.05) is 39.6 Å². The summed E-state index contributed by atoms with van der Waals surface area (Å²) in [5.74, 6) is -0.599. The third-order valence-corrected chi connectivity index (χ3v) is 20.5. The van der Waals surface area contributed by atoms with E-state index < -0.39 is 97.5 Å². The summed E-state index contributed by atoms with van der Waals surface area (Å²) in [4.78, 5) is 72.8. The Labute approximate surface area is 594 Å². The highest BCUT2D eigenvalue weighted by Gasteiger charge is 2.30. The maximum Gasteiger partial charge on any atom is 0.472 e. The summed E-state index contributed by atoms with van der Waals surface area (Å²) in [6, 6.07) is 0. The Morgan fingerprint density at radius 3 is 0.784 bits per heavy atom. The molecule has 17 nitrogen and oxygen atoms in total. The van der Waals surface area contributed by atoms with Crippen molar-refractivity contribution in [3.63, 3.8) is 0 Å². The number of phosphoric acid groups is 2. The summed E-state index contributed by atoms with van der Waals surface area (Å²) in [5.41, 5.74) is 0. The largest absolute Gasteiger partial charge is 0.472 e. The van der Waals surface area contributed by atoms with Gasteiger partial charge in [-0.05, 0) is 37.5 Å². The normalized spacial score (nSPS) is 14.2. The zero-order chi connectivity index (χ0) is 71.4. The molecule has 0 heterocycles. The van der Waals surface area contributed by atoms with Crippen molar-refractivity contribution < 1.29 is 80.2 Å². The first-order valence-corrected chi connectivity index (χ1v) is 43.5. The first-order chi connectivity index (χ1) is 46.9. The van der Waals surface area contributed by atoms with Crippen LogP contribution in [-0.4, -0.2) is 96.7 Å². The zero-order valence-electron chi connectivity index (χ0n) is 63.4. The minimum Gasteiger partial charge on any atom is -0.462 e. The van der Waals surface area contributed by atoms with Crippen LogP contribution < -0.4 is 0 Å². The molecule has 0 spiro atoms. The highest BCUT2D eigenvalue weighted by Crippen LogP contribution is 2.45. The number of aliphatic hydroxyl groups is 1. The van der Waals surface area contributed by atoms with Gasteiger partial charge >= 0.3 is 39.5 Å². The van der Waals surface area contributed by atoms with E-state index in [0.29, 0.717) is 31.6 Å². The van der Waals surface area contributed by atoms with E-state index in [4.69, 9.17) is 37.0 Å². The van der Waals surface area contributed by atoms with Gasteiger partial charge in [0, 0.05) is 25.7 Å². The van der Waals surface area contributed by atoms with E-state index in [-0.39, 0.29) is 25.7 Å². The number of esters is 4. The molecule has 0 aliphatic heterocycles. The van der Waals surface area contributed by atoms with Gasteiger partial charge in [0.1, 0.15) is 19.3 Å². The van der Waals surface area contributed by atoms with Crippen molar-refractivity contribution in [3.8, 4) is 0 Å². The van der Waals surface area contributed by atoms with Gasteiger partial charge in [-0.2, -0.15) is 0 Å². The molecular weight excluding hydrogens is 1270 g/mol. The Balaban J connectivity index is 5.21. The number of phosphoric ester groups is 2. The summed E-state index contributed by atoms with van der Waals surface area (Å²) in [7, 11) is -9.91.